The molecule has 90 valence electrons. The van der Waals surface area contributed by atoms with Gasteiger partial charge in [0.15, 0.2) is 0 Å². The molecule has 0 aliphatic carbocycles. The van der Waals surface area contributed by atoms with Gasteiger partial charge in [-0.1, -0.05) is 12.1 Å². The Balaban J connectivity index is 2.47. The van der Waals surface area contributed by atoms with Crippen LogP contribution in [0.2, 0.25) is 0 Å². The van der Waals surface area contributed by atoms with Crippen LogP contribution in [0, 0.1) is 19.7 Å². The van der Waals surface area contributed by atoms with E-state index in [1.54, 1.807) is 29.5 Å². The van der Waals surface area contributed by atoms with Gasteiger partial charge < -0.3 is 5.73 Å². The lowest BCUT2D eigenvalue weighted by Crippen LogP contribution is -2.14. The first-order valence-corrected chi connectivity index (χ1v) is 6.88. The Morgan fingerprint density at radius 2 is 2.00 bits per heavy atom. The monoisotopic (exact) mass is 313 g/mol. The summed E-state index contributed by atoms with van der Waals surface area (Å²) in [7, 11) is 0. The maximum Gasteiger partial charge on any atom is 0.142 e. The number of thiophene rings is 1. The molecule has 0 saturated carbocycles. The molecule has 0 spiro atoms. The highest BCUT2D eigenvalue weighted by atomic mass is 79.9. The molecule has 0 radical (unpaired) electrons. The fourth-order valence-electron chi connectivity index (χ4n) is 1.89. The second-order valence-electron chi connectivity index (χ2n) is 3.99. The van der Waals surface area contributed by atoms with E-state index in [1.165, 1.54) is 4.88 Å². The van der Waals surface area contributed by atoms with E-state index in [4.69, 9.17) is 5.73 Å². The Labute approximate surface area is 113 Å². The predicted molar refractivity (Wildman–Crippen MR) is 73.9 cm³/mol. The topological polar surface area (TPSA) is 26.0 Å². The van der Waals surface area contributed by atoms with E-state index < -0.39 is 6.04 Å². The van der Waals surface area contributed by atoms with Crippen LogP contribution in [0.5, 0.6) is 0 Å². The maximum absolute atomic E-state index is 14.0. The van der Waals surface area contributed by atoms with Crippen LogP contribution >= 0.6 is 27.3 Å². The number of rotatable bonds is 2. The van der Waals surface area contributed by atoms with Gasteiger partial charge in [0.1, 0.15) is 5.82 Å². The molecule has 2 rings (SSSR count). The lowest BCUT2D eigenvalue weighted by molar-refractivity contribution is 0.593. The quantitative estimate of drug-likeness (QED) is 0.878. The van der Waals surface area contributed by atoms with Crippen molar-refractivity contribution >= 4 is 27.3 Å². The molecule has 4 heteroatoms. The fourth-order valence-corrected chi connectivity index (χ4v) is 3.24. The Hall–Kier alpha value is -0.710. The normalized spacial score (nSPS) is 12.8. The van der Waals surface area contributed by atoms with Crippen molar-refractivity contribution in [2.24, 2.45) is 5.73 Å². The number of halogens is 2. The predicted octanol–water partition coefficient (Wildman–Crippen LogP) is 4.31. The van der Waals surface area contributed by atoms with Crippen LogP contribution in [0.15, 0.2) is 28.7 Å². The summed E-state index contributed by atoms with van der Waals surface area (Å²) in [5.41, 5.74) is 7.68. The number of aryl methyl sites for hydroxylation is 2. The van der Waals surface area contributed by atoms with E-state index in [-0.39, 0.29) is 5.82 Å². The Bertz CT molecular complexity index is 550. The minimum absolute atomic E-state index is 0.275. The van der Waals surface area contributed by atoms with Gasteiger partial charge >= 0.3 is 0 Å². The van der Waals surface area contributed by atoms with Gasteiger partial charge in [0.25, 0.3) is 0 Å². The lowest BCUT2D eigenvalue weighted by atomic mass is 9.99. The molecule has 1 unspecified atom stereocenters. The summed E-state index contributed by atoms with van der Waals surface area (Å²) in [6.45, 7) is 4.05. The molecule has 0 aliphatic rings. The Morgan fingerprint density at radius 1 is 1.29 bits per heavy atom. The molecule has 0 bridgehead atoms. The SMILES string of the molecule is Cc1cc(C(N)c2cccc(Br)c2F)c(C)s1. The van der Waals surface area contributed by atoms with Crippen molar-refractivity contribution in [3.05, 3.63) is 55.4 Å². The van der Waals surface area contributed by atoms with Crippen molar-refractivity contribution in [2.75, 3.05) is 0 Å². The van der Waals surface area contributed by atoms with E-state index in [0.717, 1.165) is 10.4 Å². The highest BCUT2D eigenvalue weighted by molar-refractivity contribution is 9.10. The fraction of sp³-hybridized carbons (Fsp3) is 0.231. The maximum atomic E-state index is 14.0. The minimum Gasteiger partial charge on any atom is -0.320 e. The standard InChI is InChI=1S/C13H13BrFNS/c1-7-6-10(8(2)17-7)13(16)9-4-3-5-11(14)12(9)15/h3-6,13H,16H2,1-2H3. The molecule has 2 aromatic rings. The van der Waals surface area contributed by atoms with Crippen molar-refractivity contribution in [1.29, 1.82) is 0 Å². The third-order valence-electron chi connectivity index (χ3n) is 2.73. The summed E-state index contributed by atoms with van der Waals surface area (Å²) in [6, 6.07) is 6.84. The number of hydrogen-bond donors (Lipinski definition) is 1. The first-order valence-electron chi connectivity index (χ1n) is 5.27. The molecule has 0 saturated heterocycles. The lowest BCUT2D eigenvalue weighted by Gasteiger charge is -2.13. The molecule has 1 atom stereocenters. The van der Waals surface area contributed by atoms with Gasteiger partial charge in [0.05, 0.1) is 10.5 Å². The number of nitrogens with two attached hydrogens (primary N) is 1. The van der Waals surface area contributed by atoms with Gasteiger partial charge in [0, 0.05) is 15.3 Å². The van der Waals surface area contributed by atoms with Gasteiger partial charge in [0.2, 0.25) is 0 Å². The van der Waals surface area contributed by atoms with E-state index in [2.05, 4.69) is 15.9 Å². The molecule has 1 aromatic heterocycles. The molecule has 0 amide bonds. The number of benzene rings is 1. The van der Waals surface area contributed by atoms with Gasteiger partial charge in [-0.3, -0.25) is 0 Å². The van der Waals surface area contributed by atoms with E-state index in [0.29, 0.717) is 10.0 Å². The largest absolute Gasteiger partial charge is 0.320 e. The zero-order valence-corrected chi connectivity index (χ0v) is 12.0. The summed E-state index contributed by atoms with van der Waals surface area (Å²) in [5.74, 6) is -0.275. The van der Waals surface area contributed by atoms with Crippen LogP contribution in [-0.2, 0) is 0 Å². The van der Waals surface area contributed by atoms with Crippen LogP contribution in [0.25, 0.3) is 0 Å². The van der Waals surface area contributed by atoms with Crippen molar-refractivity contribution in [3.8, 4) is 0 Å². The van der Waals surface area contributed by atoms with Crippen molar-refractivity contribution in [2.45, 2.75) is 19.9 Å². The molecule has 1 nitrogen and oxygen atoms in total. The summed E-state index contributed by atoms with van der Waals surface area (Å²) in [5, 5.41) is 0. The summed E-state index contributed by atoms with van der Waals surface area (Å²) in [6.07, 6.45) is 0. The zero-order valence-electron chi connectivity index (χ0n) is 9.63. The van der Waals surface area contributed by atoms with Gasteiger partial charge in [-0.15, -0.1) is 11.3 Å². The summed E-state index contributed by atoms with van der Waals surface area (Å²) < 4.78 is 14.4. The second kappa shape index (κ2) is 4.88. The van der Waals surface area contributed by atoms with Crippen LogP contribution in [0.1, 0.15) is 26.9 Å². The highest BCUT2D eigenvalue weighted by Gasteiger charge is 2.18. The van der Waals surface area contributed by atoms with E-state index >= 15 is 0 Å². The smallest absolute Gasteiger partial charge is 0.142 e. The molecular formula is C13H13BrFNS. The van der Waals surface area contributed by atoms with Crippen LogP contribution in [0.3, 0.4) is 0 Å². The molecule has 2 N–H and O–H groups in total. The van der Waals surface area contributed by atoms with Crippen LogP contribution in [-0.4, -0.2) is 0 Å². The van der Waals surface area contributed by atoms with Crippen LogP contribution in [0.4, 0.5) is 4.39 Å². The van der Waals surface area contributed by atoms with Crippen molar-refractivity contribution in [3.63, 3.8) is 0 Å². The summed E-state index contributed by atoms with van der Waals surface area (Å²) >= 11 is 4.87. The third kappa shape index (κ3) is 2.44. The minimum atomic E-state index is -0.405. The molecule has 0 fully saturated rings. The first-order chi connectivity index (χ1) is 8.00. The zero-order chi connectivity index (χ0) is 12.6. The number of hydrogen-bond acceptors (Lipinski definition) is 2. The average molecular weight is 314 g/mol. The molecule has 0 aliphatic heterocycles. The molecule has 1 aromatic carbocycles. The van der Waals surface area contributed by atoms with Crippen molar-refractivity contribution in [1.82, 2.24) is 0 Å². The summed E-state index contributed by atoms with van der Waals surface area (Å²) in [4.78, 5) is 2.35. The molecule has 17 heavy (non-hydrogen) atoms. The van der Waals surface area contributed by atoms with Gasteiger partial charge in [-0.05, 0) is 47.5 Å². The van der Waals surface area contributed by atoms with Crippen LogP contribution < -0.4 is 5.73 Å². The highest BCUT2D eigenvalue weighted by Crippen LogP contribution is 2.31. The second-order valence-corrected chi connectivity index (χ2v) is 6.30. The Kier molecular flexibility index (Phi) is 3.66. The molecular weight excluding hydrogens is 301 g/mol. The van der Waals surface area contributed by atoms with Crippen molar-refractivity contribution < 1.29 is 4.39 Å². The van der Waals surface area contributed by atoms with Gasteiger partial charge in [-0.2, -0.15) is 0 Å². The third-order valence-corrected chi connectivity index (χ3v) is 4.33. The van der Waals surface area contributed by atoms with Gasteiger partial charge in [-0.25, -0.2) is 4.39 Å². The van der Waals surface area contributed by atoms with E-state index in [1.807, 2.05) is 19.9 Å². The first kappa shape index (κ1) is 12.7. The Morgan fingerprint density at radius 3 is 2.59 bits per heavy atom. The van der Waals surface area contributed by atoms with E-state index in [9.17, 15) is 4.39 Å². The molecule has 1 heterocycles. The average Bonchev–Trinajstić information content (AvgIpc) is 2.61.